The van der Waals surface area contributed by atoms with Crippen LogP contribution in [0.3, 0.4) is 0 Å². The Labute approximate surface area is 174 Å². The highest BCUT2D eigenvalue weighted by molar-refractivity contribution is 14.0. The van der Waals surface area contributed by atoms with E-state index in [1.165, 1.54) is 32.2 Å². The Morgan fingerprint density at radius 1 is 1.31 bits per heavy atom. The van der Waals surface area contributed by atoms with E-state index in [1.54, 1.807) is 0 Å². The van der Waals surface area contributed by atoms with Gasteiger partial charge in [0.05, 0.1) is 6.54 Å². The van der Waals surface area contributed by atoms with E-state index in [1.807, 2.05) is 18.3 Å². The molecule has 1 unspecified atom stereocenters. The van der Waals surface area contributed by atoms with Gasteiger partial charge in [-0.1, -0.05) is 13.0 Å². The molecule has 1 aliphatic carbocycles. The van der Waals surface area contributed by atoms with Crippen molar-refractivity contribution in [3.05, 3.63) is 23.9 Å². The number of likely N-dealkylation sites (tertiary alicyclic amines) is 1. The summed E-state index contributed by atoms with van der Waals surface area (Å²) >= 11 is 0. The number of pyridine rings is 1. The van der Waals surface area contributed by atoms with E-state index in [-0.39, 0.29) is 24.0 Å². The van der Waals surface area contributed by atoms with Gasteiger partial charge < -0.3 is 15.8 Å². The molecule has 3 rings (SSSR count). The van der Waals surface area contributed by atoms with Crippen LogP contribution >= 0.6 is 24.0 Å². The molecule has 146 valence electrons. The first kappa shape index (κ1) is 21.2. The minimum atomic E-state index is 0. The average molecular weight is 473 g/mol. The minimum absolute atomic E-state index is 0. The Morgan fingerprint density at radius 2 is 2.12 bits per heavy atom. The molecule has 26 heavy (non-hydrogen) atoms. The number of nitrogens with zero attached hydrogens (tertiary/aromatic N) is 3. The molecule has 3 N–H and O–H groups in total. The molecule has 1 aromatic rings. The highest BCUT2D eigenvalue weighted by Gasteiger charge is 2.22. The molecule has 0 spiro atoms. The van der Waals surface area contributed by atoms with Crippen LogP contribution < -0.4 is 15.8 Å². The summed E-state index contributed by atoms with van der Waals surface area (Å²) in [6, 6.07) is 4.53. The third-order valence-electron chi connectivity index (χ3n) is 5.24. The van der Waals surface area contributed by atoms with E-state index in [0.29, 0.717) is 30.5 Å². The molecule has 0 bridgehead atoms. The summed E-state index contributed by atoms with van der Waals surface area (Å²) in [5.41, 5.74) is 7.04. The van der Waals surface area contributed by atoms with Gasteiger partial charge in [-0.2, -0.15) is 0 Å². The molecule has 1 aliphatic heterocycles. The number of guanidine groups is 1. The topological polar surface area (TPSA) is 75.8 Å². The van der Waals surface area contributed by atoms with Crippen molar-refractivity contribution in [3.8, 4) is 5.88 Å². The van der Waals surface area contributed by atoms with Gasteiger partial charge in [0.25, 0.3) is 0 Å². The number of nitrogens with one attached hydrogen (secondary N) is 1. The summed E-state index contributed by atoms with van der Waals surface area (Å²) in [6.07, 6.45) is 9.50. The van der Waals surface area contributed by atoms with Gasteiger partial charge in [-0.25, -0.2) is 9.98 Å². The van der Waals surface area contributed by atoms with E-state index >= 15 is 0 Å². The number of hydrogen-bond donors (Lipinski definition) is 2. The highest BCUT2D eigenvalue weighted by Crippen LogP contribution is 2.23. The number of ether oxygens (including phenoxy) is 1. The lowest BCUT2D eigenvalue weighted by atomic mass is 10.2. The number of rotatable bonds is 7. The molecular formula is C19H32IN5O. The maximum Gasteiger partial charge on any atom is 0.213 e. The first-order chi connectivity index (χ1) is 12.2. The van der Waals surface area contributed by atoms with Crippen LogP contribution in [0.4, 0.5) is 0 Å². The highest BCUT2D eigenvalue weighted by atomic mass is 127. The van der Waals surface area contributed by atoms with Gasteiger partial charge in [0.2, 0.25) is 5.88 Å². The normalized spacial score (nSPS) is 21.6. The quantitative estimate of drug-likeness (QED) is 0.362. The molecular weight excluding hydrogens is 441 g/mol. The van der Waals surface area contributed by atoms with Crippen molar-refractivity contribution >= 4 is 29.9 Å². The third kappa shape index (κ3) is 6.26. The van der Waals surface area contributed by atoms with Crippen LogP contribution in [0.2, 0.25) is 0 Å². The number of nitrogens with two attached hydrogens (primary N) is 1. The number of hydrogen-bond acceptors (Lipinski definition) is 4. The van der Waals surface area contributed by atoms with Crippen molar-refractivity contribution in [2.45, 2.75) is 64.1 Å². The van der Waals surface area contributed by atoms with Gasteiger partial charge in [-0.3, -0.25) is 4.90 Å². The van der Waals surface area contributed by atoms with Crippen LogP contribution in [-0.4, -0.2) is 47.6 Å². The van der Waals surface area contributed by atoms with Crippen molar-refractivity contribution in [1.82, 2.24) is 15.2 Å². The zero-order valence-electron chi connectivity index (χ0n) is 15.7. The standard InChI is InChI=1S/C19H31N5O.HI/c1-2-24-11-5-6-16(24)14-23-19(20)22-13-15-9-10-18(21-12-15)25-17-7-3-4-8-17;/h9-10,12,16-17H,2-8,11,13-14H2,1H3,(H3,20,22,23);1H. The lowest BCUT2D eigenvalue weighted by Crippen LogP contribution is -2.42. The fourth-order valence-electron chi connectivity index (χ4n) is 3.75. The second kappa shape index (κ2) is 10.9. The molecule has 1 aromatic heterocycles. The van der Waals surface area contributed by atoms with Gasteiger partial charge >= 0.3 is 0 Å². The average Bonchev–Trinajstić information content (AvgIpc) is 3.30. The van der Waals surface area contributed by atoms with Gasteiger partial charge in [-0.05, 0) is 57.2 Å². The van der Waals surface area contributed by atoms with Gasteiger partial charge in [0, 0.05) is 24.8 Å². The van der Waals surface area contributed by atoms with Crippen molar-refractivity contribution in [2.75, 3.05) is 19.6 Å². The Morgan fingerprint density at radius 3 is 2.81 bits per heavy atom. The van der Waals surface area contributed by atoms with Crippen LogP contribution in [0.1, 0.15) is 51.0 Å². The Bertz CT molecular complexity index is 560. The fraction of sp³-hybridized carbons (Fsp3) is 0.684. The fourth-order valence-corrected chi connectivity index (χ4v) is 3.75. The van der Waals surface area contributed by atoms with E-state index < -0.39 is 0 Å². The van der Waals surface area contributed by atoms with Crippen molar-refractivity contribution in [3.63, 3.8) is 0 Å². The Kier molecular flexibility index (Phi) is 8.90. The second-order valence-electron chi connectivity index (χ2n) is 7.04. The van der Waals surface area contributed by atoms with Crippen molar-refractivity contribution in [1.29, 1.82) is 0 Å². The monoisotopic (exact) mass is 473 g/mol. The summed E-state index contributed by atoms with van der Waals surface area (Å²) in [7, 11) is 0. The summed E-state index contributed by atoms with van der Waals surface area (Å²) in [6.45, 7) is 5.92. The lowest BCUT2D eigenvalue weighted by Gasteiger charge is -2.23. The number of likely N-dealkylation sites (N-methyl/N-ethyl adjacent to an activating group) is 1. The molecule has 0 radical (unpaired) electrons. The molecule has 2 fully saturated rings. The van der Waals surface area contributed by atoms with Crippen LogP contribution in [0, 0.1) is 0 Å². The summed E-state index contributed by atoms with van der Waals surface area (Å²) in [5.74, 6) is 1.22. The second-order valence-corrected chi connectivity index (χ2v) is 7.04. The minimum Gasteiger partial charge on any atom is -0.474 e. The maximum atomic E-state index is 6.00. The van der Waals surface area contributed by atoms with Crippen LogP contribution in [0.25, 0.3) is 0 Å². The molecule has 0 aromatic carbocycles. The van der Waals surface area contributed by atoms with E-state index in [0.717, 1.165) is 31.5 Å². The van der Waals surface area contributed by atoms with Crippen molar-refractivity contribution in [2.24, 2.45) is 10.7 Å². The molecule has 1 saturated heterocycles. The zero-order valence-corrected chi connectivity index (χ0v) is 18.0. The third-order valence-corrected chi connectivity index (χ3v) is 5.24. The first-order valence-electron chi connectivity index (χ1n) is 9.64. The van der Waals surface area contributed by atoms with Crippen LogP contribution in [0.15, 0.2) is 23.3 Å². The van der Waals surface area contributed by atoms with E-state index in [4.69, 9.17) is 10.5 Å². The van der Waals surface area contributed by atoms with Gasteiger partial charge in [0.15, 0.2) is 5.96 Å². The number of aromatic nitrogens is 1. The summed E-state index contributed by atoms with van der Waals surface area (Å²) in [5, 5.41) is 3.26. The smallest absolute Gasteiger partial charge is 0.213 e. The SMILES string of the molecule is CCN1CCCC1CNC(N)=NCc1ccc(OC2CCCC2)nc1.I. The molecule has 6 nitrogen and oxygen atoms in total. The Hall–Kier alpha value is -1.09. The summed E-state index contributed by atoms with van der Waals surface area (Å²) < 4.78 is 5.88. The van der Waals surface area contributed by atoms with Crippen molar-refractivity contribution < 1.29 is 4.74 Å². The number of aliphatic imine (C=N–C) groups is 1. The maximum absolute atomic E-state index is 6.00. The molecule has 7 heteroatoms. The predicted molar refractivity (Wildman–Crippen MR) is 116 cm³/mol. The first-order valence-corrected chi connectivity index (χ1v) is 9.64. The molecule has 1 saturated carbocycles. The predicted octanol–water partition coefficient (Wildman–Crippen LogP) is 2.91. The van der Waals surface area contributed by atoms with Gasteiger partial charge in [0.1, 0.15) is 6.10 Å². The zero-order chi connectivity index (χ0) is 17.5. The lowest BCUT2D eigenvalue weighted by molar-refractivity contribution is 0.201. The Balaban J connectivity index is 0.00000243. The van der Waals surface area contributed by atoms with E-state index in [2.05, 4.69) is 27.1 Å². The molecule has 1 atom stereocenters. The van der Waals surface area contributed by atoms with E-state index in [9.17, 15) is 0 Å². The van der Waals surface area contributed by atoms with Crippen LogP contribution in [-0.2, 0) is 6.54 Å². The largest absolute Gasteiger partial charge is 0.474 e. The molecule has 2 aliphatic rings. The molecule has 2 heterocycles. The van der Waals surface area contributed by atoms with Gasteiger partial charge in [-0.15, -0.1) is 24.0 Å². The van der Waals surface area contributed by atoms with Crippen LogP contribution in [0.5, 0.6) is 5.88 Å². The summed E-state index contributed by atoms with van der Waals surface area (Å²) in [4.78, 5) is 11.3. The number of halogens is 1. The molecule has 0 amide bonds.